The molecule has 7 nitrogen and oxygen atoms in total. The van der Waals surface area contributed by atoms with E-state index >= 15 is 0 Å². The van der Waals surface area contributed by atoms with Gasteiger partial charge in [-0.05, 0) is 36.4 Å². The Kier molecular flexibility index (Phi) is 5.01. The summed E-state index contributed by atoms with van der Waals surface area (Å²) in [5.41, 5.74) is 1.75. The highest BCUT2D eigenvalue weighted by Gasteiger charge is 2.19. The molecule has 0 saturated heterocycles. The number of nitrogens with two attached hydrogens (primary N) is 1. The molecular formula is C16H12Cl2N4O3S. The maximum atomic E-state index is 11.4. The molecule has 0 aliphatic carbocycles. The van der Waals surface area contributed by atoms with Crippen LogP contribution in [0.1, 0.15) is 0 Å². The molecule has 0 aliphatic heterocycles. The third kappa shape index (κ3) is 3.58. The number of amides is 1. The molecule has 0 saturated carbocycles. The van der Waals surface area contributed by atoms with Crippen molar-refractivity contribution in [3.8, 4) is 16.9 Å². The number of hydrogen-bond acceptors (Lipinski definition) is 4. The molecule has 0 aliphatic rings. The van der Waals surface area contributed by atoms with Gasteiger partial charge in [-0.15, -0.1) is 5.10 Å². The summed E-state index contributed by atoms with van der Waals surface area (Å²) in [6, 6.07) is 12.7. The molecule has 0 atom stereocenters. The number of sulfonamides is 1. The van der Waals surface area contributed by atoms with Crippen molar-refractivity contribution in [2.24, 2.45) is 5.14 Å². The highest BCUT2D eigenvalue weighted by atomic mass is 35.5. The van der Waals surface area contributed by atoms with Gasteiger partial charge in [-0.2, -0.15) is 0 Å². The van der Waals surface area contributed by atoms with Gasteiger partial charge < -0.3 is 5.32 Å². The molecular weight excluding hydrogens is 399 g/mol. The zero-order valence-corrected chi connectivity index (χ0v) is 15.4. The Hall–Kier alpha value is -2.39. The SMILES string of the molecule is NS(=O)(=O)c1ccc(-n2nc(NC=O)c(Cl)c2-c2ccc(Cl)cc2)cc1. The largest absolute Gasteiger partial charge is 0.311 e. The van der Waals surface area contributed by atoms with Crippen LogP contribution in [0.2, 0.25) is 10.0 Å². The van der Waals surface area contributed by atoms with Crippen molar-refractivity contribution in [1.82, 2.24) is 9.78 Å². The number of halogens is 2. The fourth-order valence-corrected chi connectivity index (χ4v) is 3.29. The van der Waals surface area contributed by atoms with Crippen LogP contribution in [0.4, 0.5) is 5.82 Å². The normalized spacial score (nSPS) is 11.3. The lowest BCUT2D eigenvalue weighted by molar-refractivity contribution is -0.105. The number of aromatic nitrogens is 2. The summed E-state index contributed by atoms with van der Waals surface area (Å²) in [5.74, 6) is 0.169. The summed E-state index contributed by atoms with van der Waals surface area (Å²) in [6.45, 7) is 0. The lowest BCUT2D eigenvalue weighted by atomic mass is 10.1. The molecule has 2 aromatic carbocycles. The van der Waals surface area contributed by atoms with Crippen LogP contribution in [0.3, 0.4) is 0 Å². The quantitative estimate of drug-likeness (QED) is 0.630. The topological polar surface area (TPSA) is 107 Å². The van der Waals surface area contributed by atoms with Crippen LogP contribution >= 0.6 is 23.2 Å². The fourth-order valence-electron chi connectivity index (χ4n) is 2.37. The lowest BCUT2D eigenvalue weighted by Crippen LogP contribution is -2.12. The van der Waals surface area contributed by atoms with Crippen molar-refractivity contribution in [3.05, 3.63) is 58.6 Å². The number of benzene rings is 2. The van der Waals surface area contributed by atoms with E-state index in [1.165, 1.54) is 28.9 Å². The van der Waals surface area contributed by atoms with E-state index in [0.717, 1.165) is 0 Å². The van der Waals surface area contributed by atoms with Gasteiger partial charge in [-0.1, -0.05) is 35.3 Å². The van der Waals surface area contributed by atoms with E-state index in [4.69, 9.17) is 28.3 Å². The minimum Gasteiger partial charge on any atom is -0.311 e. The second kappa shape index (κ2) is 7.08. The lowest BCUT2D eigenvalue weighted by Gasteiger charge is -2.09. The first-order chi connectivity index (χ1) is 12.3. The van der Waals surface area contributed by atoms with Crippen LogP contribution in [0, 0.1) is 0 Å². The summed E-state index contributed by atoms with van der Waals surface area (Å²) < 4.78 is 24.3. The van der Waals surface area contributed by atoms with E-state index in [1.54, 1.807) is 24.3 Å². The van der Waals surface area contributed by atoms with Gasteiger partial charge in [0.1, 0.15) is 5.02 Å². The Morgan fingerprint density at radius 3 is 2.19 bits per heavy atom. The Balaban J connectivity index is 2.18. The molecule has 0 bridgehead atoms. The van der Waals surface area contributed by atoms with Crippen molar-refractivity contribution in [2.45, 2.75) is 4.90 Å². The zero-order valence-electron chi connectivity index (χ0n) is 13.1. The van der Waals surface area contributed by atoms with Crippen LogP contribution in [-0.4, -0.2) is 24.6 Å². The standard InChI is InChI=1S/C16H12Cl2N4O3S/c17-11-3-1-10(2-4-11)15-14(18)16(20-9-23)21-22(15)12-5-7-13(8-6-12)26(19,24)25/h1-9H,(H2,19,24,25)(H,20,21,23). The number of carbonyl (C=O) groups is 1. The average molecular weight is 411 g/mol. The Labute approximate surface area is 159 Å². The van der Waals surface area contributed by atoms with Gasteiger partial charge in [0.25, 0.3) is 0 Å². The summed E-state index contributed by atoms with van der Waals surface area (Å²) in [5, 5.41) is 12.6. The van der Waals surface area contributed by atoms with Crippen molar-refractivity contribution in [3.63, 3.8) is 0 Å². The molecule has 10 heteroatoms. The first-order valence-electron chi connectivity index (χ1n) is 7.19. The molecule has 0 radical (unpaired) electrons. The molecule has 0 fully saturated rings. The number of carbonyl (C=O) groups excluding carboxylic acids is 1. The second-order valence-electron chi connectivity index (χ2n) is 5.23. The number of primary sulfonamides is 1. The van der Waals surface area contributed by atoms with Gasteiger partial charge in [0.05, 0.1) is 16.3 Å². The summed E-state index contributed by atoms with van der Waals surface area (Å²) in [4.78, 5) is 10.8. The van der Waals surface area contributed by atoms with Crippen LogP contribution in [0.15, 0.2) is 53.4 Å². The van der Waals surface area contributed by atoms with Gasteiger partial charge in [0.15, 0.2) is 5.82 Å². The predicted octanol–water partition coefficient (Wildman–Crippen LogP) is 3.06. The smallest absolute Gasteiger partial charge is 0.238 e. The van der Waals surface area contributed by atoms with Gasteiger partial charge in [-0.25, -0.2) is 18.2 Å². The molecule has 1 heterocycles. The van der Waals surface area contributed by atoms with Gasteiger partial charge >= 0.3 is 0 Å². The van der Waals surface area contributed by atoms with E-state index in [-0.39, 0.29) is 15.7 Å². The van der Waals surface area contributed by atoms with Crippen molar-refractivity contribution in [1.29, 1.82) is 0 Å². The van der Waals surface area contributed by atoms with Gasteiger partial charge in [0.2, 0.25) is 16.4 Å². The average Bonchev–Trinajstić information content (AvgIpc) is 2.92. The number of nitrogens with zero attached hydrogens (tertiary/aromatic N) is 2. The van der Waals surface area contributed by atoms with Gasteiger partial charge in [-0.3, -0.25) is 4.79 Å². The highest BCUT2D eigenvalue weighted by molar-refractivity contribution is 7.89. The summed E-state index contributed by atoms with van der Waals surface area (Å²) >= 11 is 12.3. The second-order valence-corrected chi connectivity index (χ2v) is 7.61. The number of nitrogens with one attached hydrogen (secondary N) is 1. The number of hydrogen-bond donors (Lipinski definition) is 2. The number of anilines is 1. The minimum atomic E-state index is -3.81. The monoisotopic (exact) mass is 410 g/mol. The van der Waals surface area contributed by atoms with E-state index < -0.39 is 10.0 Å². The molecule has 0 unspecified atom stereocenters. The van der Waals surface area contributed by atoms with Crippen LogP contribution in [0.25, 0.3) is 16.9 Å². The number of rotatable bonds is 5. The third-order valence-corrected chi connectivity index (χ3v) is 5.09. The molecule has 0 spiro atoms. The van der Waals surface area contributed by atoms with Crippen molar-refractivity contribution < 1.29 is 13.2 Å². The summed E-state index contributed by atoms with van der Waals surface area (Å²) in [6.07, 6.45) is 0.467. The van der Waals surface area contributed by atoms with Crippen LogP contribution in [-0.2, 0) is 14.8 Å². The van der Waals surface area contributed by atoms with Crippen molar-refractivity contribution >= 4 is 45.5 Å². The van der Waals surface area contributed by atoms with Crippen LogP contribution < -0.4 is 10.5 Å². The Morgan fingerprint density at radius 1 is 1.04 bits per heavy atom. The molecule has 3 aromatic rings. The maximum Gasteiger partial charge on any atom is 0.238 e. The van der Waals surface area contributed by atoms with Crippen LogP contribution in [0.5, 0.6) is 0 Å². The van der Waals surface area contributed by atoms with E-state index in [9.17, 15) is 13.2 Å². The maximum absolute atomic E-state index is 11.4. The first kappa shape index (κ1) is 18.4. The van der Waals surface area contributed by atoms with Gasteiger partial charge in [0, 0.05) is 10.6 Å². The first-order valence-corrected chi connectivity index (χ1v) is 9.49. The van der Waals surface area contributed by atoms with Crippen molar-refractivity contribution in [2.75, 3.05) is 5.32 Å². The highest BCUT2D eigenvalue weighted by Crippen LogP contribution is 2.36. The third-order valence-electron chi connectivity index (χ3n) is 3.55. The van der Waals surface area contributed by atoms with E-state index in [2.05, 4.69) is 10.4 Å². The molecule has 3 N–H and O–H groups in total. The molecule has 1 aromatic heterocycles. The van der Waals surface area contributed by atoms with E-state index in [1.807, 2.05) is 0 Å². The predicted molar refractivity (Wildman–Crippen MR) is 100 cm³/mol. The Bertz CT molecular complexity index is 1060. The molecule has 3 rings (SSSR count). The van der Waals surface area contributed by atoms with E-state index in [0.29, 0.717) is 28.4 Å². The Morgan fingerprint density at radius 2 is 1.65 bits per heavy atom. The summed E-state index contributed by atoms with van der Waals surface area (Å²) in [7, 11) is -3.81. The molecule has 134 valence electrons. The molecule has 1 amide bonds. The minimum absolute atomic E-state index is 0.0289. The zero-order chi connectivity index (χ0) is 18.9. The molecule has 26 heavy (non-hydrogen) atoms. The fraction of sp³-hybridized carbons (Fsp3) is 0.